The first-order chi connectivity index (χ1) is 14.7. The molecule has 2 rings (SSSR count). The Balaban J connectivity index is 1.96. The van der Waals surface area contributed by atoms with E-state index in [1.54, 1.807) is 6.92 Å². The molecule has 0 aliphatic carbocycles. The van der Waals surface area contributed by atoms with Gasteiger partial charge in [-0.3, -0.25) is 0 Å². The summed E-state index contributed by atoms with van der Waals surface area (Å²) >= 11 is 0. The maximum Gasteiger partial charge on any atom is 0.187 e. The molecule has 2 aliphatic rings. The highest BCUT2D eigenvalue weighted by molar-refractivity contribution is 4.95. The Hall–Kier alpha value is -0.360. The zero-order valence-electron chi connectivity index (χ0n) is 18.9. The maximum atomic E-state index is 10.6. The summed E-state index contributed by atoms with van der Waals surface area (Å²) in [5, 5.41) is 61.5. The fourth-order valence-electron chi connectivity index (χ4n) is 4.31. The lowest BCUT2D eigenvalue weighted by Gasteiger charge is -2.46. The van der Waals surface area contributed by atoms with E-state index in [1.807, 2.05) is 0 Å². The lowest BCUT2D eigenvalue weighted by Crippen LogP contribution is -2.63. The molecule has 0 aromatic carbocycles. The van der Waals surface area contributed by atoms with E-state index in [9.17, 15) is 30.6 Å². The minimum atomic E-state index is -1.54. The molecule has 2 heterocycles. The summed E-state index contributed by atoms with van der Waals surface area (Å²) in [7, 11) is 0. The molecule has 2 saturated heterocycles. The lowest BCUT2D eigenvalue weighted by molar-refractivity contribution is -0.336. The third-order valence-electron chi connectivity index (χ3n) is 6.42. The Morgan fingerprint density at radius 3 is 2.00 bits per heavy atom. The van der Waals surface area contributed by atoms with Crippen LogP contribution in [0, 0.1) is 0 Å². The molecule has 0 saturated carbocycles. The van der Waals surface area contributed by atoms with Gasteiger partial charge < -0.3 is 44.8 Å². The second-order valence-electron chi connectivity index (χ2n) is 9.09. The summed E-state index contributed by atoms with van der Waals surface area (Å²) in [5.74, 6) is 0. The van der Waals surface area contributed by atoms with E-state index in [1.165, 1.54) is 26.2 Å². The van der Waals surface area contributed by atoms with Crippen LogP contribution in [0.5, 0.6) is 0 Å². The van der Waals surface area contributed by atoms with Gasteiger partial charge in [0.05, 0.1) is 24.4 Å². The summed E-state index contributed by atoms with van der Waals surface area (Å²) < 4.78 is 17.0. The molecule has 9 nitrogen and oxygen atoms in total. The molecular formula is C22H42O9. The third-order valence-corrected chi connectivity index (χ3v) is 6.42. The predicted molar refractivity (Wildman–Crippen MR) is 112 cm³/mol. The van der Waals surface area contributed by atoms with E-state index in [4.69, 9.17) is 14.2 Å². The quantitative estimate of drug-likeness (QED) is 0.243. The minimum absolute atomic E-state index is 0.192. The molecule has 31 heavy (non-hydrogen) atoms. The number of unbranched alkanes of at least 4 members (excludes halogenated alkanes) is 5. The molecule has 0 bridgehead atoms. The Bertz CT molecular complexity index is 507. The summed E-state index contributed by atoms with van der Waals surface area (Å²) in [6.45, 7) is 5.33. The number of aliphatic hydroxyl groups excluding tert-OH is 6. The van der Waals surface area contributed by atoms with Crippen LogP contribution in [-0.2, 0) is 14.2 Å². The van der Waals surface area contributed by atoms with Crippen molar-refractivity contribution in [1.82, 2.24) is 0 Å². The highest BCUT2D eigenvalue weighted by atomic mass is 16.7. The first-order valence-electron chi connectivity index (χ1n) is 11.7. The number of rotatable bonds is 11. The van der Waals surface area contributed by atoms with Gasteiger partial charge in [0, 0.05) is 6.42 Å². The van der Waals surface area contributed by atoms with Gasteiger partial charge in [-0.15, -0.1) is 0 Å². The summed E-state index contributed by atoms with van der Waals surface area (Å²) in [4.78, 5) is 0. The second kappa shape index (κ2) is 12.8. The fraction of sp³-hybridized carbons (Fsp3) is 1.00. The molecule has 1 unspecified atom stereocenters. The molecule has 0 spiro atoms. The predicted octanol–water partition coefficient (Wildman–Crippen LogP) is 0.210. The normalized spacial score (nSPS) is 42.5. The standard InChI is InChI=1S/C22H42O9/c1-4-5-6-7-8-9-10-14(23)11-15-21(19(27)17(25)12(2)29-15)31-22-20(28)18(26)16(24)13(3)30-22/h12-28H,4-11H2,1-3H3/t12-,13-,14?,15+,16-,17-,18+,19+,20+,21-,22-/m0/s1. The van der Waals surface area contributed by atoms with E-state index in [0.717, 1.165) is 19.3 Å². The molecule has 0 aromatic rings. The Morgan fingerprint density at radius 2 is 1.32 bits per heavy atom. The average Bonchev–Trinajstić information content (AvgIpc) is 2.73. The molecule has 0 radical (unpaired) electrons. The smallest absolute Gasteiger partial charge is 0.187 e. The topological polar surface area (TPSA) is 149 Å². The van der Waals surface area contributed by atoms with E-state index in [-0.39, 0.29) is 6.42 Å². The SMILES string of the molecule is CCCCCCCCC(O)C[C@H]1O[C@@H](C)[C@H](O)[C@@H](O)[C@H]1O[C@@H]1O[C@@H](C)[C@H](O)[C@@H](O)[C@H]1O. The zero-order chi connectivity index (χ0) is 23.1. The number of hydrogen-bond acceptors (Lipinski definition) is 9. The van der Waals surface area contributed by atoms with Crippen molar-refractivity contribution in [2.75, 3.05) is 0 Å². The van der Waals surface area contributed by atoms with E-state index < -0.39 is 67.3 Å². The highest BCUT2D eigenvalue weighted by Gasteiger charge is 2.49. The summed E-state index contributed by atoms with van der Waals surface area (Å²) in [6, 6.07) is 0. The van der Waals surface area contributed by atoms with Gasteiger partial charge in [-0.1, -0.05) is 45.4 Å². The van der Waals surface area contributed by atoms with Gasteiger partial charge in [-0.25, -0.2) is 0 Å². The van der Waals surface area contributed by atoms with Gasteiger partial charge in [0.1, 0.15) is 36.6 Å². The van der Waals surface area contributed by atoms with Crippen LogP contribution >= 0.6 is 0 Å². The molecule has 2 fully saturated rings. The van der Waals surface area contributed by atoms with Crippen LogP contribution in [0.2, 0.25) is 0 Å². The molecule has 2 aliphatic heterocycles. The van der Waals surface area contributed by atoms with Gasteiger partial charge in [0.15, 0.2) is 6.29 Å². The number of aliphatic hydroxyl groups is 6. The summed E-state index contributed by atoms with van der Waals surface area (Å²) in [6.07, 6.45) is -4.67. The van der Waals surface area contributed by atoms with Gasteiger partial charge in [0.25, 0.3) is 0 Å². The molecule has 9 heteroatoms. The van der Waals surface area contributed by atoms with Crippen LogP contribution in [0.25, 0.3) is 0 Å². The van der Waals surface area contributed by atoms with Gasteiger partial charge in [0.2, 0.25) is 0 Å². The Morgan fingerprint density at radius 1 is 0.742 bits per heavy atom. The van der Waals surface area contributed by atoms with E-state index >= 15 is 0 Å². The highest BCUT2D eigenvalue weighted by Crippen LogP contribution is 2.31. The van der Waals surface area contributed by atoms with Crippen molar-refractivity contribution in [2.45, 2.75) is 139 Å². The number of hydrogen-bond donors (Lipinski definition) is 6. The second-order valence-corrected chi connectivity index (χ2v) is 9.09. The van der Waals surface area contributed by atoms with E-state index in [2.05, 4.69) is 6.92 Å². The zero-order valence-corrected chi connectivity index (χ0v) is 18.9. The fourth-order valence-corrected chi connectivity index (χ4v) is 4.31. The van der Waals surface area contributed by atoms with Crippen LogP contribution < -0.4 is 0 Å². The number of ether oxygens (including phenoxy) is 3. The summed E-state index contributed by atoms with van der Waals surface area (Å²) in [5.41, 5.74) is 0. The molecule has 0 amide bonds. The van der Waals surface area contributed by atoms with E-state index in [0.29, 0.717) is 6.42 Å². The van der Waals surface area contributed by atoms with Crippen LogP contribution in [0.1, 0.15) is 72.1 Å². The molecule has 0 aromatic heterocycles. The van der Waals surface area contributed by atoms with Gasteiger partial charge in [-0.05, 0) is 20.3 Å². The molecule has 11 atom stereocenters. The van der Waals surface area contributed by atoms with Crippen molar-refractivity contribution in [1.29, 1.82) is 0 Å². The molecule has 184 valence electrons. The molecular weight excluding hydrogens is 408 g/mol. The largest absolute Gasteiger partial charge is 0.393 e. The van der Waals surface area contributed by atoms with Crippen molar-refractivity contribution >= 4 is 0 Å². The monoisotopic (exact) mass is 450 g/mol. The van der Waals surface area contributed by atoms with Crippen LogP contribution in [0.15, 0.2) is 0 Å². The first-order valence-corrected chi connectivity index (χ1v) is 11.7. The van der Waals surface area contributed by atoms with Gasteiger partial charge >= 0.3 is 0 Å². The van der Waals surface area contributed by atoms with Crippen molar-refractivity contribution in [3.05, 3.63) is 0 Å². The Labute approximate surface area is 184 Å². The van der Waals surface area contributed by atoms with Crippen LogP contribution in [-0.4, -0.2) is 98.0 Å². The van der Waals surface area contributed by atoms with Crippen molar-refractivity contribution in [3.8, 4) is 0 Å². The third kappa shape index (κ3) is 7.31. The average molecular weight is 451 g/mol. The maximum absolute atomic E-state index is 10.6. The van der Waals surface area contributed by atoms with Crippen molar-refractivity contribution in [3.63, 3.8) is 0 Å². The minimum Gasteiger partial charge on any atom is -0.393 e. The Kier molecular flexibility index (Phi) is 11.1. The van der Waals surface area contributed by atoms with Crippen molar-refractivity contribution in [2.24, 2.45) is 0 Å². The van der Waals surface area contributed by atoms with Gasteiger partial charge in [-0.2, -0.15) is 0 Å². The van der Waals surface area contributed by atoms with Crippen LogP contribution in [0.3, 0.4) is 0 Å². The van der Waals surface area contributed by atoms with Crippen molar-refractivity contribution < 1.29 is 44.8 Å². The van der Waals surface area contributed by atoms with Crippen LogP contribution in [0.4, 0.5) is 0 Å². The molecule has 6 N–H and O–H groups in total. The lowest BCUT2D eigenvalue weighted by atomic mass is 9.91. The first kappa shape index (κ1) is 26.9.